The van der Waals surface area contributed by atoms with Gasteiger partial charge in [-0.3, -0.25) is 14.4 Å². The largest absolute Gasteiger partial charge is 0.355 e. The maximum atomic E-state index is 12.4. The van der Waals surface area contributed by atoms with E-state index >= 15 is 0 Å². The highest BCUT2D eigenvalue weighted by molar-refractivity contribution is 5.92. The van der Waals surface area contributed by atoms with E-state index in [2.05, 4.69) is 10.6 Å². The van der Waals surface area contributed by atoms with E-state index in [0.717, 1.165) is 19.3 Å². The van der Waals surface area contributed by atoms with Gasteiger partial charge in [0.2, 0.25) is 17.7 Å². The van der Waals surface area contributed by atoms with Gasteiger partial charge in [-0.25, -0.2) is 0 Å². The zero-order chi connectivity index (χ0) is 15.8. The molecule has 0 aliphatic carbocycles. The first-order valence-electron chi connectivity index (χ1n) is 7.88. The maximum Gasteiger partial charge on any atom is 0.245 e. The Morgan fingerprint density at radius 3 is 2.62 bits per heavy atom. The number of hydrogen-bond donors (Lipinski definition) is 2. The fraction of sp³-hybridized carbons (Fsp3) is 0.800. The highest BCUT2D eigenvalue weighted by Gasteiger charge is 2.35. The molecule has 6 heteroatoms. The minimum absolute atomic E-state index is 0.104. The molecule has 1 heterocycles. The minimum Gasteiger partial charge on any atom is -0.355 e. The Bertz CT molecular complexity index is 384. The van der Waals surface area contributed by atoms with Crippen LogP contribution in [0.1, 0.15) is 52.9 Å². The molecule has 1 saturated heterocycles. The van der Waals surface area contributed by atoms with Crippen LogP contribution in [0.2, 0.25) is 0 Å². The molecule has 2 atom stereocenters. The molecule has 1 rings (SSSR count). The van der Waals surface area contributed by atoms with E-state index < -0.39 is 12.1 Å². The molecule has 1 aliphatic heterocycles. The smallest absolute Gasteiger partial charge is 0.245 e. The predicted molar refractivity (Wildman–Crippen MR) is 80.5 cm³/mol. The van der Waals surface area contributed by atoms with E-state index in [4.69, 9.17) is 0 Å². The van der Waals surface area contributed by atoms with Crippen LogP contribution >= 0.6 is 0 Å². The molecule has 1 aliphatic rings. The quantitative estimate of drug-likeness (QED) is 0.730. The van der Waals surface area contributed by atoms with Gasteiger partial charge in [-0.1, -0.05) is 13.3 Å². The van der Waals surface area contributed by atoms with Crippen LogP contribution in [0.5, 0.6) is 0 Å². The van der Waals surface area contributed by atoms with Crippen LogP contribution in [0.3, 0.4) is 0 Å². The number of carbonyl (C=O) groups is 3. The Kier molecular flexibility index (Phi) is 7.19. The molecule has 0 aromatic carbocycles. The second-order valence-corrected chi connectivity index (χ2v) is 5.48. The van der Waals surface area contributed by atoms with Crippen LogP contribution in [-0.2, 0) is 14.4 Å². The Morgan fingerprint density at radius 2 is 2.00 bits per heavy atom. The first-order valence-corrected chi connectivity index (χ1v) is 7.88. The molecule has 0 spiro atoms. The lowest BCUT2D eigenvalue weighted by atomic mass is 10.2. The summed E-state index contributed by atoms with van der Waals surface area (Å²) in [6, 6.07) is -0.975. The second-order valence-electron chi connectivity index (χ2n) is 5.48. The van der Waals surface area contributed by atoms with Crippen LogP contribution in [0, 0.1) is 0 Å². The van der Waals surface area contributed by atoms with Crippen molar-refractivity contribution in [2.45, 2.75) is 65.0 Å². The highest BCUT2D eigenvalue weighted by atomic mass is 16.2. The van der Waals surface area contributed by atoms with Crippen molar-refractivity contribution in [1.82, 2.24) is 15.5 Å². The van der Waals surface area contributed by atoms with Gasteiger partial charge in [-0.2, -0.15) is 0 Å². The van der Waals surface area contributed by atoms with E-state index in [0.29, 0.717) is 25.9 Å². The zero-order valence-electron chi connectivity index (χ0n) is 13.3. The van der Waals surface area contributed by atoms with E-state index in [9.17, 15) is 14.4 Å². The summed E-state index contributed by atoms with van der Waals surface area (Å²) in [5, 5.41) is 5.48. The minimum atomic E-state index is -0.579. The molecule has 0 saturated carbocycles. The lowest BCUT2D eigenvalue weighted by Gasteiger charge is -2.27. The number of unbranched alkanes of at least 4 members (excludes halogenated alkanes) is 1. The van der Waals surface area contributed by atoms with Crippen LogP contribution in [0.15, 0.2) is 0 Å². The van der Waals surface area contributed by atoms with Crippen LogP contribution in [0.25, 0.3) is 0 Å². The van der Waals surface area contributed by atoms with Crippen LogP contribution in [-0.4, -0.2) is 47.8 Å². The van der Waals surface area contributed by atoms with Crippen LogP contribution < -0.4 is 10.6 Å². The zero-order valence-corrected chi connectivity index (χ0v) is 13.3. The highest BCUT2D eigenvalue weighted by Crippen LogP contribution is 2.18. The fourth-order valence-electron chi connectivity index (χ4n) is 2.56. The van der Waals surface area contributed by atoms with Gasteiger partial charge < -0.3 is 15.5 Å². The molecule has 0 aromatic heterocycles. The summed E-state index contributed by atoms with van der Waals surface area (Å²) >= 11 is 0. The normalized spacial score (nSPS) is 19.2. The summed E-state index contributed by atoms with van der Waals surface area (Å²) in [5.74, 6) is -0.382. The number of likely N-dealkylation sites (N-methyl/N-ethyl adjacent to an activating group) is 1. The molecule has 0 unspecified atom stereocenters. The number of carbonyl (C=O) groups excluding carboxylic acids is 3. The monoisotopic (exact) mass is 297 g/mol. The van der Waals surface area contributed by atoms with Crippen molar-refractivity contribution in [2.24, 2.45) is 0 Å². The molecule has 0 radical (unpaired) electrons. The molecule has 3 amide bonds. The molecular weight excluding hydrogens is 270 g/mol. The summed E-state index contributed by atoms with van der Waals surface area (Å²) in [7, 11) is 0. The summed E-state index contributed by atoms with van der Waals surface area (Å²) in [5.41, 5.74) is 0. The second kappa shape index (κ2) is 8.64. The molecule has 21 heavy (non-hydrogen) atoms. The molecule has 0 bridgehead atoms. The van der Waals surface area contributed by atoms with Crippen molar-refractivity contribution < 1.29 is 14.4 Å². The SMILES string of the molecule is CCCCC(=O)N[C@@H](C)C(=O)N1CCC[C@H]1C(=O)NCC. The predicted octanol–water partition coefficient (Wildman–Crippen LogP) is 0.808. The number of likely N-dealkylation sites (tertiary alicyclic amines) is 1. The van der Waals surface area contributed by atoms with Gasteiger partial charge in [0.05, 0.1) is 0 Å². The van der Waals surface area contributed by atoms with Gasteiger partial charge in [-0.15, -0.1) is 0 Å². The molecule has 1 fully saturated rings. The van der Waals surface area contributed by atoms with Crippen molar-refractivity contribution in [3.8, 4) is 0 Å². The van der Waals surface area contributed by atoms with Gasteiger partial charge >= 0.3 is 0 Å². The van der Waals surface area contributed by atoms with Gasteiger partial charge in [0.1, 0.15) is 12.1 Å². The first kappa shape index (κ1) is 17.5. The van der Waals surface area contributed by atoms with Gasteiger partial charge in [0.15, 0.2) is 0 Å². The third-order valence-corrected chi connectivity index (χ3v) is 3.69. The number of hydrogen-bond acceptors (Lipinski definition) is 3. The maximum absolute atomic E-state index is 12.4. The summed E-state index contributed by atoms with van der Waals surface area (Å²) < 4.78 is 0. The first-order chi connectivity index (χ1) is 10.0. The number of amides is 3. The van der Waals surface area contributed by atoms with Gasteiger partial charge in [0, 0.05) is 19.5 Å². The van der Waals surface area contributed by atoms with E-state index in [-0.39, 0.29) is 17.7 Å². The average Bonchev–Trinajstić information content (AvgIpc) is 2.93. The Labute approximate surface area is 126 Å². The summed E-state index contributed by atoms with van der Waals surface area (Å²) in [6.45, 7) is 6.69. The number of nitrogens with one attached hydrogen (secondary N) is 2. The standard InChI is InChI=1S/C15H27N3O3/c1-4-6-9-13(19)17-11(3)15(21)18-10-7-8-12(18)14(20)16-5-2/h11-12H,4-10H2,1-3H3,(H,16,20)(H,17,19)/t11-,12-/m0/s1. The summed E-state index contributed by atoms with van der Waals surface area (Å²) in [4.78, 5) is 37.6. The number of rotatable bonds is 7. The van der Waals surface area contributed by atoms with Crippen molar-refractivity contribution in [1.29, 1.82) is 0 Å². The van der Waals surface area contributed by atoms with Gasteiger partial charge in [-0.05, 0) is 33.1 Å². The van der Waals surface area contributed by atoms with E-state index in [1.165, 1.54) is 0 Å². The molecule has 120 valence electrons. The molecule has 0 aromatic rings. The average molecular weight is 297 g/mol. The fourth-order valence-corrected chi connectivity index (χ4v) is 2.56. The van der Waals surface area contributed by atoms with Crippen LogP contribution in [0.4, 0.5) is 0 Å². The Balaban J connectivity index is 2.56. The van der Waals surface area contributed by atoms with E-state index in [1.807, 2.05) is 13.8 Å². The van der Waals surface area contributed by atoms with Gasteiger partial charge in [0.25, 0.3) is 0 Å². The molecule has 6 nitrogen and oxygen atoms in total. The molecular formula is C15H27N3O3. The lowest BCUT2D eigenvalue weighted by Crippen LogP contribution is -2.52. The van der Waals surface area contributed by atoms with Crippen molar-refractivity contribution in [3.05, 3.63) is 0 Å². The van der Waals surface area contributed by atoms with Crippen molar-refractivity contribution >= 4 is 17.7 Å². The van der Waals surface area contributed by atoms with Crippen molar-refractivity contribution in [3.63, 3.8) is 0 Å². The Hall–Kier alpha value is -1.59. The van der Waals surface area contributed by atoms with Crippen molar-refractivity contribution in [2.75, 3.05) is 13.1 Å². The third kappa shape index (κ3) is 5.02. The lowest BCUT2D eigenvalue weighted by molar-refractivity contribution is -0.141. The topological polar surface area (TPSA) is 78.5 Å². The number of nitrogens with zero attached hydrogens (tertiary/aromatic N) is 1. The third-order valence-electron chi connectivity index (χ3n) is 3.69. The summed E-state index contributed by atoms with van der Waals surface area (Å²) in [6.07, 6.45) is 3.71. The molecule has 2 N–H and O–H groups in total. The van der Waals surface area contributed by atoms with E-state index in [1.54, 1.807) is 11.8 Å². The Morgan fingerprint density at radius 1 is 1.29 bits per heavy atom.